The van der Waals surface area contributed by atoms with Crippen LogP contribution in [0.5, 0.6) is 0 Å². The number of thioether (sulfide) groups is 1. The number of nitrogens with one attached hydrogen (secondary N) is 1. The summed E-state index contributed by atoms with van der Waals surface area (Å²) in [5.41, 5.74) is 2.89. The molecule has 0 saturated carbocycles. The maximum Gasteiger partial charge on any atom is 0.273 e. The highest BCUT2D eigenvalue weighted by Gasteiger charge is 2.33. The van der Waals surface area contributed by atoms with Crippen LogP contribution in [0.3, 0.4) is 0 Å². The Hall–Kier alpha value is -3.78. The molecule has 0 spiro atoms. The van der Waals surface area contributed by atoms with Gasteiger partial charge in [-0.3, -0.25) is 14.6 Å². The molecular formula is C25H21N5O2S. The van der Waals surface area contributed by atoms with E-state index in [0.29, 0.717) is 17.3 Å². The molecule has 4 aromatic rings. The van der Waals surface area contributed by atoms with Crippen molar-refractivity contribution in [2.24, 2.45) is 5.10 Å². The molecule has 3 aromatic carbocycles. The van der Waals surface area contributed by atoms with E-state index in [1.54, 1.807) is 11.9 Å². The Balaban J connectivity index is 1.43. The molecule has 2 heterocycles. The minimum Gasteiger partial charge on any atom is -0.298 e. The molecule has 33 heavy (non-hydrogen) atoms. The number of hydrazone groups is 1. The Morgan fingerprint density at radius 2 is 1.79 bits per heavy atom. The maximum absolute atomic E-state index is 13.2. The molecule has 1 aliphatic rings. The largest absolute Gasteiger partial charge is 0.298 e. The third-order valence-electron chi connectivity index (χ3n) is 5.61. The van der Waals surface area contributed by atoms with Gasteiger partial charge in [-0.05, 0) is 34.9 Å². The zero-order chi connectivity index (χ0) is 22.8. The molecule has 1 N–H and O–H groups in total. The van der Waals surface area contributed by atoms with Crippen LogP contribution in [-0.2, 0) is 4.79 Å². The van der Waals surface area contributed by atoms with Gasteiger partial charge in [-0.25, -0.2) is 5.01 Å². The molecule has 5 rings (SSSR count). The molecule has 1 amide bonds. The predicted molar refractivity (Wildman–Crippen MR) is 129 cm³/mol. The third kappa shape index (κ3) is 4.42. The average Bonchev–Trinajstić information content (AvgIpc) is 3.30. The summed E-state index contributed by atoms with van der Waals surface area (Å²) in [5, 5.41) is 16.7. The molecule has 0 saturated heterocycles. The van der Waals surface area contributed by atoms with Crippen molar-refractivity contribution >= 4 is 34.2 Å². The number of nitrogens with zero attached hydrogens (tertiary/aromatic N) is 4. The first-order valence-electron chi connectivity index (χ1n) is 10.6. The van der Waals surface area contributed by atoms with E-state index >= 15 is 0 Å². The molecule has 1 unspecified atom stereocenters. The fraction of sp³-hybridized carbons (Fsp3) is 0.160. The first kappa shape index (κ1) is 21.1. The maximum atomic E-state index is 13.2. The lowest BCUT2D eigenvalue weighted by Gasteiger charge is -2.21. The van der Waals surface area contributed by atoms with Gasteiger partial charge in [-0.2, -0.15) is 5.10 Å². The summed E-state index contributed by atoms with van der Waals surface area (Å²) >= 11 is 1.14. The summed E-state index contributed by atoms with van der Waals surface area (Å²) in [6.07, 6.45) is 0.625. The lowest BCUT2D eigenvalue weighted by molar-refractivity contribution is -0.130. The van der Waals surface area contributed by atoms with Gasteiger partial charge in [-0.1, -0.05) is 78.5 Å². The van der Waals surface area contributed by atoms with E-state index in [-0.39, 0.29) is 23.3 Å². The SMILES string of the molecule is Cc1nnc(SCC(=O)N2N=C(c3ccc4ccccc4c3)CC2c2ccccc2)[nH]c1=O. The van der Waals surface area contributed by atoms with Crippen molar-refractivity contribution < 1.29 is 4.79 Å². The van der Waals surface area contributed by atoms with Crippen molar-refractivity contribution in [1.82, 2.24) is 20.2 Å². The molecule has 1 atom stereocenters. The van der Waals surface area contributed by atoms with E-state index in [1.807, 2.05) is 42.5 Å². The van der Waals surface area contributed by atoms with E-state index in [0.717, 1.165) is 39.4 Å². The summed E-state index contributed by atoms with van der Waals surface area (Å²) in [6.45, 7) is 1.59. The minimum atomic E-state index is -0.306. The van der Waals surface area contributed by atoms with Gasteiger partial charge in [0.15, 0.2) is 5.16 Å². The zero-order valence-corrected chi connectivity index (χ0v) is 18.7. The van der Waals surface area contributed by atoms with E-state index in [4.69, 9.17) is 5.10 Å². The monoisotopic (exact) mass is 455 g/mol. The Bertz CT molecular complexity index is 1420. The summed E-state index contributed by atoms with van der Waals surface area (Å²) < 4.78 is 0. The summed E-state index contributed by atoms with van der Waals surface area (Å²) in [4.78, 5) is 27.6. The van der Waals surface area contributed by atoms with Gasteiger partial charge in [0.1, 0.15) is 5.69 Å². The van der Waals surface area contributed by atoms with Crippen LogP contribution < -0.4 is 5.56 Å². The minimum absolute atomic E-state index is 0.0888. The number of H-pyrrole nitrogens is 1. The van der Waals surface area contributed by atoms with Crippen LogP contribution in [0.15, 0.2) is 87.8 Å². The second-order valence-electron chi connectivity index (χ2n) is 7.81. The zero-order valence-electron chi connectivity index (χ0n) is 17.9. The average molecular weight is 456 g/mol. The number of rotatable bonds is 5. The van der Waals surface area contributed by atoms with Gasteiger partial charge in [-0.15, -0.1) is 10.2 Å². The summed E-state index contributed by atoms with van der Waals surface area (Å²) in [6, 6.07) is 24.2. The second kappa shape index (κ2) is 8.99. The van der Waals surface area contributed by atoms with Crippen molar-refractivity contribution in [3.63, 3.8) is 0 Å². The lowest BCUT2D eigenvalue weighted by atomic mass is 9.97. The fourth-order valence-corrected chi connectivity index (χ4v) is 4.51. The summed E-state index contributed by atoms with van der Waals surface area (Å²) in [7, 11) is 0. The highest BCUT2D eigenvalue weighted by Crippen LogP contribution is 2.34. The number of aromatic amines is 1. The number of amides is 1. The second-order valence-corrected chi connectivity index (χ2v) is 8.77. The van der Waals surface area contributed by atoms with Crippen LogP contribution >= 0.6 is 11.8 Å². The van der Waals surface area contributed by atoms with Gasteiger partial charge in [0, 0.05) is 6.42 Å². The van der Waals surface area contributed by atoms with Crippen molar-refractivity contribution in [3.8, 4) is 0 Å². The molecular weight excluding hydrogens is 434 g/mol. The molecule has 1 aromatic heterocycles. The number of aromatic nitrogens is 3. The lowest BCUT2D eigenvalue weighted by Crippen LogP contribution is -2.28. The number of carbonyl (C=O) groups is 1. The number of hydrogen-bond donors (Lipinski definition) is 1. The molecule has 8 heteroatoms. The fourth-order valence-electron chi connectivity index (χ4n) is 3.86. The van der Waals surface area contributed by atoms with Gasteiger partial charge in [0.25, 0.3) is 11.5 Å². The van der Waals surface area contributed by atoms with Gasteiger partial charge in [0.2, 0.25) is 0 Å². The molecule has 1 aliphatic heterocycles. The molecule has 0 fully saturated rings. The Morgan fingerprint density at radius 1 is 1.03 bits per heavy atom. The third-order valence-corrected chi connectivity index (χ3v) is 6.45. The number of carbonyl (C=O) groups excluding carboxylic acids is 1. The van der Waals surface area contributed by atoms with Crippen molar-refractivity contribution in [3.05, 3.63) is 100.0 Å². The molecule has 7 nitrogen and oxygen atoms in total. The number of aryl methyl sites for hydroxylation is 1. The number of benzene rings is 3. The molecule has 0 radical (unpaired) electrons. The van der Waals surface area contributed by atoms with Crippen LogP contribution in [0.25, 0.3) is 10.8 Å². The highest BCUT2D eigenvalue weighted by molar-refractivity contribution is 7.99. The van der Waals surface area contributed by atoms with Crippen LogP contribution in [-0.4, -0.2) is 37.6 Å². The van der Waals surface area contributed by atoms with E-state index in [2.05, 4.69) is 45.5 Å². The van der Waals surface area contributed by atoms with Crippen molar-refractivity contribution in [1.29, 1.82) is 0 Å². The standard InChI is InChI=1S/C25H21N5O2S/c1-16-24(32)26-25(28-27-16)33-15-23(31)30-22(18-8-3-2-4-9-18)14-21(29-30)20-12-11-17-7-5-6-10-19(17)13-20/h2-13,22H,14-15H2,1H3,(H,26,28,32). The van der Waals surface area contributed by atoms with E-state index in [1.165, 1.54) is 0 Å². The predicted octanol–water partition coefficient (Wildman–Crippen LogP) is 4.10. The summed E-state index contributed by atoms with van der Waals surface area (Å²) in [5.74, 6) is -0.0706. The molecule has 0 bridgehead atoms. The van der Waals surface area contributed by atoms with Crippen LogP contribution in [0.2, 0.25) is 0 Å². The van der Waals surface area contributed by atoms with Gasteiger partial charge >= 0.3 is 0 Å². The van der Waals surface area contributed by atoms with Crippen molar-refractivity contribution in [2.75, 3.05) is 5.75 Å². The van der Waals surface area contributed by atoms with Gasteiger partial charge < -0.3 is 0 Å². The normalized spacial score (nSPS) is 15.6. The smallest absolute Gasteiger partial charge is 0.273 e. The Labute approximate surface area is 194 Å². The van der Waals surface area contributed by atoms with Crippen molar-refractivity contribution in [2.45, 2.75) is 24.5 Å². The number of fused-ring (bicyclic) bond motifs is 1. The Morgan fingerprint density at radius 3 is 2.58 bits per heavy atom. The van der Waals surface area contributed by atoms with Crippen LogP contribution in [0.4, 0.5) is 0 Å². The van der Waals surface area contributed by atoms with E-state index < -0.39 is 0 Å². The van der Waals surface area contributed by atoms with Crippen LogP contribution in [0.1, 0.15) is 29.3 Å². The quantitative estimate of drug-likeness (QED) is 0.458. The van der Waals surface area contributed by atoms with E-state index in [9.17, 15) is 9.59 Å². The molecule has 164 valence electrons. The van der Waals surface area contributed by atoms with Crippen LogP contribution in [0, 0.1) is 6.92 Å². The topological polar surface area (TPSA) is 91.3 Å². The highest BCUT2D eigenvalue weighted by atomic mass is 32.2. The number of hydrogen-bond acceptors (Lipinski definition) is 6. The first-order valence-corrected chi connectivity index (χ1v) is 11.6. The first-order chi connectivity index (χ1) is 16.1. The van der Waals surface area contributed by atoms with Gasteiger partial charge in [0.05, 0.1) is 17.5 Å². The Kier molecular flexibility index (Phi) is 5.75. The molecule has 0 aliphatic carbocycles.